The molecule has 230 valence electrons. The summed E-state index contributed by atoms with van der Waals surface area (Å²) in [5.74, 6) is 0. The van der Waals surface area contributed by atoms with Gasteiger partial charge in [-0.3, -0.25) is 0 Å². The summed E-state index contributed by atoms with van der Waals surface area (Å²) in [5, 5.41) is 21.6. The van der Waals surface area contributed by atoms with Crippen molar-refractivity contribution in [2.45, 2.75) is 51.4 Å². The van der Waals surface area contributed by atoms with Crippen LogP contribution in [-0.2, 0) is 39.3 Å². The van der Waals surface area contributed by atoms with Gasteiger partial charge in [0.25, 0.3) is 0 Å². The predicted molar refractivity (Wildman–Crippen MR) is 180 cm³/mol. The van der Waals surface area contributed by atoms with Gasteiger partial charge < -0.3 is 41.9 Å². The zero-order valence-electron chi connectivity index (χ0n) is 25.5. The maximum atomic E-state index is 3.67. The molecule has 0 spiro atoms. The molecule has 8 nitrogen and oxygen atoms in total. The van der Waals surface area contributed by atoms with E-state index in [1.807, 2.05) is 24.5 Å². The number of aromatic amines is 2. The first-order valence-corrected chi connectivity index (χ1v) is 15.9. The molecule has 0 saturated carbocycles. The third-order valence-corrected chi connectivity index (χ3v) is 8.17. The summed E-state index contributed by atoms with van der Waals surface area (Å²) in [5.41, 5.74) is 10.1. The van der Waals surface area contributed by atoms with E-state index in [4.69, 9.17) is 0 Å². The molecule has 4 heterocycles. The van der Waals surface area contributed by atoms with E-state index in [1.54, 1.807) is 0 Å². The zero-order valence-corrected chi connectivity index (χ0v) is 25.5. The van der Waals surface area contributed by atoms with E-state index in [9.17, 15) is 0 Å². The number of benzene rings is 2. The van der Waals surface area contributed by atoms with Gasteiger partial charge in [0.15, 0.2) is 0 Å². The Bertz CT molecular complexity index is 1370. The average molecular weight is 591 g/mol. The van der Waals surface area contributed by atoms with Crippen molar-refractivity contribution >= 4 is 0 Å². The molecule has 0 fully saturated rings. The Morgan fingerprint density at radius 2 is 0.955 bits per heavy atom. The van der Waals surface area contributed by atoms with Crippen LogP contribution >= 0.6 is 0 Å². The van der Waals surface area contributed by atoms with Gasteiger partial charge in [0.2, 0.25) is 0 Å². The lowest BCUT2D eigenvalue weighted by molar-refractivity contribution is 0.579. The Balaban J connectivity index is 1.20. The molecule has 4 aromatic rings. The summed E-state index contributed by atoms with van der Waals surface area (Å²) in [7, 11) is 0. The summed E-state index contributed by atoms with van der Waals surface area (Å²) in [4.78, 5) is 6.59. The minimum atomic E-state index is 0.403. The summed E-state index contributed by atoms with van der Waals surface area (Å²) in [6.07, 6.45) is 12.9. The second-order valence-electron chi connectivity index (χ2n) is 11.8. The van der Waals surface area contributed by atoms with Crippen molar-refractivity contribution < 1.29 is 0 Å². The van der Waals surface area contributed by atoms with Crippen LogP contribution in [0.5, 0.6) is 0 Å². The van der Waals surface area contributed by atoms with Crippen LogP contribution < -0.4 is 31.9 Å². The van der Waals surface area contributed by atoms with E-state index in [1.165, 1.54) is 44.8 Å². The molecule has 0 radical (unpaired) electrons. The molecule has 44 heavy (non-hydrogen) atoms. The average Bonchev–Trinajstić information content (AvgIpc) is 3.86. The van der Waals surface area contributed by atoms with E-state index in [0.29, 0.717) is 12.1 Å². The fourth-order valence-corrected chi connectivity index (χ4v) is 5.97. The summed E-state index contributed by atoms with van der Waals surface area (Å²) < 4.78 is 0. The van der Waals surface area contributed by atoms with Gasteiger partial charge >= 0.3 is 0 Å². The minimum Gasteiger partial charge on any atom is -0.364 e. The number of hydrogen-bond acceptors (Lipinski definition) is 6. The minimum absolute atomic E-state index is 0.403. The molecule has 2 aliphatic rings. The normalized spacial score (nSPS) is 17.6. The molecular weight excluding hydrogens is 544 g/mol. The molecule has 0 amide bonds. The fourth-order valence-electron chi connectivity index (χ4n) is 5.97. The molecule has 0 aliphatic carbocycles. The van der Waals surface area contributed by atoms with Crippen molar-refractivity contribution in [1.29, 1.82) is 0 Å². The number of rotatable bonds is 17. The highest BCUT2D eigenvalue weighted by Crippen LogP contribution is 2.26. The van der Waals surface area contributed by atoms with Crippen LogP contribution in [0.15, 0.2) is 97.4 Å². The van der Waals surface area contributed by atoms with Crippen molar-refractivity contribution in [2.75, 3.05) is 26.2 Å². The zero-order chi connectivity index (χ0) is 29.8. The first kappa shape index (κ1) is 30.3. The van der Waals surface area contributed by atoms with Gasteiger partial charge in [-0.15, -0.1) is 0 Å². The predicted octanol–water partition coefficient (Wildman–Crippen LogP) is 3.82. The molecule has 6 rings (SSSR count). The van der Waals surface area contributed by atoms with E-state index in [-0.39, 0.29) is 0 Å². The summed E-state index contributed by atoms with van der Waals surface area (Å²) in [6, 6.07) is 23.2. The Kier molecular flexibility index (Phi) is 10.9. The van der Waals surface area contributed by atoms with E-state index < -0.39 is 0 Å². The topological polar surface area (TPSA) is 104 Å². The van der Waals surface area contributed by atoms with Crippen LogP contribution in [0.25, 0.3) is 11.1 Å². The molecule has 8 N–H and O–H groups in total. The lowest BCUT2D eigenvalue weighted by atomic mass is 9.96. The summed E-state index contributed by atoms with van der Waals surface area (Å²) in [6.45, 7) is 8.66. The fraction of sp³-hybridized carbons (Fsp3) is 0.333. The smallest absolute Gasteiger partial charge is 0.0379 e. The quantitative estimate of drug-likeness (QED) is 0.0890. The Hall–Kier alpha value is -3.76. The second-order valence-corrected chi connectivity index (χ2v) is 11.8. The van der Waals surface area contributed by atoms with Crippen LogP contribution in [0.2, 0.25) is 0 Å². The molecule has 2 aromatic carbocycles. The van der Waals surface area contributed by atoms with Crippen molar-refractivity contribution in [2.24, 2.45) is 0 Å². The monoisotopic (exact) mass is 590 g/mol. The molecule has 2 aliphatic heterocycles. The first-order chi connectivity index (χ1) is 21.8. The number of H-pyrrole nitrogens is 2. The van der Waals surface area contributed by atoms with Crippen LogP contribution in [-0.4, -0.2) is 48.2 Å². The van der Waals surface area contributed by atoms with E-state index >= 15 is 0 Å². The van der Waals surface area contributed by atoms with Crippen LogP contribution in [0.3, 0.4) is 0 Å². The SMILES string of the molecule is C1=CC(CNCc2cc(CNCc3ccc[nH]3)cc(-c3cc(CNCc4ccc[nH]4)cc(CNCC4C=CCN4)c3)c2)NC1. The number of nitrogens with one attached hydrogen (secondary N) is 8. The molecular formula is C36H46N8. The molecule has 2 unspecified atom stereocenters. The summed E-state index contributed by atoms with van der Waals surface area (Å²) >= 11 is 0. The van der Waals surface area contributed by atoms with Gasteiger partial charge in [0, 0.05) is 101 Å². The van der Waals surface area contributed by atoms with Crippen molar-refractivity contribution in [3.05, 3.63) is 131 Å². The molecule has 0 bridgehead atoms. The highest BCUT2D eigenvalue weighted by molar-refractivity contribution is 5.67. The molecule has 0 saturated heterocycles. The largest absolute Gasteiger partial charge is 0.364 e. The Labute approximate surface area is 261 Å². The van der Waals surface area contributed by atoms with Gasteiger partial charge in [-0.25, -0.2) is 0 Å². The van der Waals surface area contributed by atoms with Crippen molar-refractivity contribution in [3.63, 3.8) is 0 Å². The lowest BCUT2D eigenvalue weighted by Gasteiger charge is -2.16. The molecule has 2 aromatic heterocycles. The highest BCUT2D eigenvalue weighted by Gasteiger charge is 2.11. The van der Waals surface area contributed by atoms with E-state index in [0.717, 1.165) is 65.4 Å². The van der Waals surface area contributed by atoms with Gasteiger partial charge in [-0.05, 0) is 81.9 Å². The molecule has 8 heteroatoms. The second kappa shape index (κ2) is 15.8. The lowest BCUT2D eigenvalue weighted by Crippen LogP contribution is -2.33. The number of aromatic nitrogens is 2. The van der Waals surface area contributed by atoms with Crippen LogP contribution in [0.1, 0.15) is 33.6 Å². The first-order valence-electron chi connectivity index (χ1n) is 15.9. The third-order valence-electron chi connectivity index (χ3n) is 8.17. The Morgan fingerprint density at radius 3 is 1.32 bits per heavy atom. The maximum Gasteiger partial charge on any atom is 0.0379 e. The van der Waals surface area contributed by atoms with Crippen LogP contribution in [0, 0.1) is 0 Å². The van der Waals surface area contributed by atoms with Crippen LogP contribution in [0.4, 0.5) is 0 Å². The van der Waals surface area contributed by atoms with E-state index in [2.05, 4.69) is 115 Å². The third kappa shape index (κ3) is 9.12. The van der Waals surface area contributed by atoms with Crippen molar-refractivity contribution in [3.8, 4) is 11.1 Å². The number of hydrogen-bond donors (Lipinski definition) is 8. The van der Waals surface area contributed by atoms with Crippen molar-refractivity contribution in [1.82, 2.24) is 41.9 Å². The van der Waals surface area contributed by atoms with Gasteiger partial charge in [-0.2, -0.15) is 0 Å². The van der Waals surface area contributed by atoms with Gasteiger partial charge in [0.05, 0.1) is 0 Å². The standard InChI is InChI=1S/C36H46N8/c1-5-33(41-9-1)23-37-19-27-13-28(20-38-24-34-6-2-10-42-34)16-31(15-27)32-17-29(21-39-25-35-7-3-11-43-35)14-30(18-32)22-40-26-36-8-4-12-44-36/h1-9,11,13-18,34,36-44H,10,12,19-26H2. The molecule has 2 atom stereocenters. The van der Waals surface area contributed by atoms with Gasteiger partial charge in [0.1, 0.15) is 0 Å². The highest BCUT2D eigenvalue weighted by atomic mass is 15.0. The maximum absolute atomic E-state index is 3.67. The Morgan fingerprint density at radius 1 is 0.523 bits per heavy atom. The van der Waals surface area contributed by atoms with Gasteiger partial charge in [-0.1, -0.05) is 36.4 Å².